The summed E-state index contributed by atoms with van der Waals surface area (Å²) in [5.41, 5.74) is 1.32. The number of benzene rings is 1. The molecule has 0 aliphatic carbocycles. The smallest absolute Gasteiger partial charge is 0.303 e. The summed E-state index contributed by atoms with van der Waals surface area (Å²) in [6, 6.07) is 8.09. The Hall–Kier alpha value is -1.51. The lowest BCUT2D eigenvalue weighted by Crippen LogP contribution is -2.20. The van der Waals surface area contributed by atoms with Gasteiger partial charge in [-0.2, -0.15) is 0 Å². The molecule has 0 radical (unpaired) electrons. The molecule has 0 spiro atoms. The Morgan fingerprint density at radius 1 is 1.22 bits per heavy atom. The summed E-state index contributed by atoms with van der Waals surface area (Å²) in [6.07, 6.45) is 0.903. The van der Waals surface area contributed by atoms with Gasteiger partial charge in [-0.3, -0.25) is 4.79 Å². The van der Waals surface area contributed by atoms with Crippen LogP contribution in [0.4, 0.5) is 0 Å². The molecule has 0 saturated heterocycles. The molecule has 1 aromatic rings. The van der Waals surface area contributed by atoms with Gasteiger partial charge >= 0.3 is 5.97 Å². The van der Waals surface area contributed by atoms with E-state index in [0.717, 1.165) is 12.2 Å². The highest BCUT2D eigenvalue weighted by Crippen LogP contribution is 2.21. The normalized spacial score (nSPS) is 13.8. The zero-order valence-corrected chi connectivity index (χ0v) is 11.6. The lowest BCUT2D eigenvalue weighted by molar-refractivity contribution is -0.146. The van der Waals surface area contributed by atoms with E-state index >= 15 is 0 Å². The summed E-state index contributed by atoms with van der Waals surface area (Å²) in [4.78, 5) is 10.7. The Morgan fingerprint density at radius 2 is 1.83 bits per heavy atom. The number of hydrogen-bond acceptors (Lipinski definition) is 3. The molecule has 0 amide bonds. The highest BCUT2D eigenvalue weighted by atomic mass is 16.6. The molecule has 0 aliphatic heterocycles. The summed E-state index contributed by atoms with van der Waals surface area (Å²) in [6.45, 7) is 7.98. The van der Waals surface area contributed by atoms with E-state index in [1.807, 2.05) is 19.1 Å². The molecule has 0 unspecified atom stereocenters. The molecule has 0 N–H and O–H groups in total. The molecule has 3 nitrogen and oxygen atoms in total. The standard InChI is InChI=1S/C15H22O3/c1-5-11(2)14-6-8-15(9-7-14)17-10-12(3)18-13(4)16/h6-9,11-12H,5,10H2,1-4H3/t11-,12-/m1/s1. The van der Waals surface area contributed by atoms with Crippen molar-refractivity contribution in [1.29, 1.82) is 0 Å². The first-order chi connectivity index (χ1) is 8.52. The van der Waals surface area contributed by atoms with Crippen molar-refractivity contribution in [3.63, 3.8) is 0 Å². The maximum absolute atomic E-state index is 10.7. The minimum atomic E-state index is -0.279. The number of hydrogen-bond donors (Lipinski definition) is 0. The SMILES string of the molecule is CC[C@@H](C)c1ccc(OC[C@@H](C)OC(C)=O)cc1. The van der Waals surface area contributed by atoms with E-state index in [1.54, 1.807) is 0 Å². The minimum absolute atomic E-state index is 0.225. The van der Waals surface area contributed by atoms with E-state index < -0.39 is 0 Å². The first kappa shape index (κ1) is 14.6. The van der Waals surface area contributed by atoms with Gasteiger partial charge in [0.05, 0.1) is 0 Å². The van der Waals surface area contributed by atoms with E-state index in [2.05, 4.69) is 26.0 Å². The van der Waals surface area contributed by atoms with Crippen LogP contribution in [0.2, 0.25) is 0 Å². The molecule has 3 heteroatoms. The molecule has 100 valence electrons. The van der Waals surface area contributed by atoms with E-state index in [9.17, 15) is 4.79 Å². The number of rotatable bonds is 6. The van der Waals surface area contributed by atoms with Crippen molar-refractivity contribution in [1.82, 2.24) is 0 Å². The fourth-order valence-electron chi connectivity index (χ4n) is 1.66. The molecule has 0 saturated carbocycles. The molecule has 0 fully saturated rings. The summed E-state index contributed by atoms with van der Waals surface area (Å²) >= 11 is 0. The van der Waals surface area contributed by atoms with Crippen molar-refractivity contribution >= 4 is 5.97 Å². The van der Waals surface area contributed by atoms with Crippen LogP contribution >= 0.6 is 0 Å². The summed E-state index contributed by atoms with van der Waals surface area (Å²) < 4.78 is 10.5. The van der Waals surface area contributed by atoms with Gasteiger partial charge in [0.2, 0.25) is 0 Å². The second-order valence-electron chi connectivity index (χ2n) is 4.61. The van der Waals surface area contributed by atoms with Crippen molar-refractivity contribution in [3.8, 4) is 5.75 Å². The van der Waals surface area contributed by atoms with Gasteiger partial charge in [0.25, 0.3) is 0 Å². The number of esters is 1. The molecule has 0 aromatic heterocycles. The van der Waals surface area contributed by atoms with Gasteiger partial charge in [0.15, 0.2) is 0 Å². The van der Waals surface area contributed by atoms with Crippen LogP contribution in [0.3, 0.4) is 0 Å². The highest BCUT2D eigenvalue weighted by molar-refractivity contribution is 5.66. The lowest BCUT2D eigenvalue weighted by atomic mass is 9.99. The van der Waals surface area contributed by atoms with Gasteiger partial charge in [-0.25, -0.2) is 0 Å². The van der Waals surface area contributed by atoms with Crippen LogP contribution < -0.4 is 4.74 Å². The van der Waals surface area contributed by atoms with E-state index in [4.69, 9.17) is 9.47 Å². The Morgan fingerprint density at radius 3 is 2.33 bits per heavy atom. The minimum Gasteiger partial charge on any atom is -0.490 e. The summed E-state index contributed by atoms with van der Waals surface area (Å²) in [7, 11) is 0. The molecular formula is C15H22O3. The van der Waals surface area contributed by atoms with Crippen molar-refractivity contribution in [2.75, 3.05) is 6.61 Å². The summed E-state index contributed by atoms with van der Waals surface area (Å²) in [5.74, 6) is 1.10. The van der Waals surface area contributed by atoms with Crippen LogP contribution in [0, 0.1) is 0 Å². The predicted octanol–water partition coefficient (Wildman–Crippen LogP) is 3.53. The zero-order valence-electron chi connectivity index (χ0n) is 11.6. The van der Waals surface area contributed by atoms with E-state index in [0.29, 0.717) is 12.5 Å². The van der Waals surface area contributed by atoms with Gasteiger partial charge in [0.1, 0.15) is 18.5 Å². The molecule has 18 heavy (non-hydrogen) atoms. The second kappa shape index (κ2) is 7.04. The monoisotopic (exact) mass is 250 g/mol. The lowest BCUT2D eigenvalue weighted by Gasteiger charge is -2.14. The Balaban J connectivity index is 2.46. The molecule has 1 rings (SSSR count). The average Bonchev–Trinajstić information content (AvgIpc) is 2.35. The van der Waals surface area contributed by atoms with Gasteiger partial charge in [-0.05, 0) is 37.0 Å². The highest BCUT2D eigenvalue weighted by Gasteiger charge is 2.07. The maximum Gasteiger partial charge on any atom is 0.303 e. The molecule has 1 aromatic carbocycles. The Labute approximate surface area is 109 Å². The van der Waals surface area contributed by atoms with Crippen LogP contribution in [0.25, 0.3) is 0 Å². The second-order valence-corrected chi connectivity index (χ2v) is 4.61. The third-order valence-corrected chi connectivity index (χ3v) is 2.91. The third-order valence-electron chi connectivity index (χ3n) is 2.91. The van der Waals surface area contributed by atoms with Gasteiger partial charge in [-0.15, -0.1) is 0 Å². The fraction of sp³-hybridized carbons (Fsp3) is 0.533. The average molecular weight is 250 g/mol. The Kier molecular flexibility index (Phi) is 5.69. The third kappa shape index (κ3) is 4.78. The van der Waals surface area contributed by atoms with Gasteiger partial charge in [0, 0.05) is 6.92 Å². The predicted molar refractivity (Wildman–Crippen MR) is 71.9 cm³/mol. The maximum atomic E-state index is 10.7. The fourth-order valence-corrected chi connectivity index (χ4v) is 1.66. The number of carbonyl (C=O) groups excluding carboxylic acids is 1. The molecule has 2 atom stereocenters. The van der Waals surface area contributed by atoms with Gasteiger partial charge in [-0.1, -0.05) is 26.0 Å². The molecule has 0 heterocycles. The van der Waals surface area contributed by atoms with Crippen molar-refractivity contribution < 1.29 is 14.3 Å². The molecular weight excluding hydrogens is 228 g/mol. The van der Waals surface area contributed by atoms with Crippen LogP contribution in [0.15, 0.2) is 24.3 Å². The topological polar surface area (TPSA) is 35.5 Å². The zero-order chi connectivity index (χ0) is 13.5. The van der Waals surface area contributed by atoms with E-state index in [-0.39, 0.29) is 12.1 Å². The van der Waals surface area contributed by atoms with Crippen molar-refractivity contribution in [2.24, 2.45) is 0 Å². The van der Waals surface area contributed by atoms with Gasteiger partial charge < -0.3 is 9.47 Å². The first-order valence-electron chi connectivity index (χ1n) is 6.43. The van der Waals surface area contributed by atoms with Crippen molar-refractivity contribution in [2.45, 2.75) is 46.1 Å². The Bertz CT molecular complexity index is 370. The molecule has 0 bridgehead atoms. The van der Waals surface area contributed by atoms with Crippen LogP contribution in [-0.2, 0) is 9.53 Å². The van der Waals surface area contributed by atoms with Crippen LogP contribution in [-0.4, -0.2) is 18.7 Å². The van der Waals surface area contributed by atoms with Crippen molar-refractivity contribution in [3.05, 3.63) is 29.8 Å². The number of ether oxygens (including phenoxy) is 2. The van der Waals surface area contributed by atoms with E-state index in [1.165, 1.54) is 12.5 Å². The van der Waals surface area contributed by atoms with Crippen LogP contribution in [0.5, 0.6) is 5.75 Å². The quantitative estimate of drug-likeness (QED) is 0.724. The molecule has 0 aliphatic rings. The van der Waals surface area contributed by atoms with Crippen LogP contribution in [0.1, 0.15) is 45.6 Å². The number of carbonyl (C=O) groups is 1. The summed E-state index contributed by atoms with van der Waals surface area (Å²) in [5, 5.41) is 0. The first-order valence-corrected chi connectivity index (χ1v) is 6.43. The largest absolute Gasteiger partial charge is 0.490 e.